The number of nitrogens with zero attached hydrogens (tertiary/aromatic N) is 2. The third-order valence-electron chi connectivity index (χ3n) is 2.72. The van der Waals surface area contributed by atoms with Crippen molar-refractivity contribution in [3.63, 3.8) is 0 Å². The summed E-state index contributed by atoms with van der Waals surface area (Å²) in [6.45, 7) is 0.831. The summed E-state index contributed by atoms with van der Waals surface area (Å²) in [4.78, 5) is 0. The van der Waals surface area contributed by atoms with Gasteiger partial charge in [0.2, 0.25) is 0 Å². The molecule has 1 aliphatic rings. The quantitative estimate of drug-likeness (QED) is 0.738. The lowest BCUT2D eigenvalue weighted by molar-refractivity contribution is 0.774. The van der Waals surface area contributed by atoms with Crippen LogP contribution in [-0.4, -0.2) is 9.78 Å². The second-order valence-corrected chi connectivity index (χ2v) is 4.12. The molecule has 0 bridgehead atoms. The highest BCUT2D eigenvalue weighted by Crippen LogP contribution is 2.36. The van der Waals surface area contributed by atoms with Crippen LogP contribution in [0.5, 0.6) is 0 Å². The van der Waals surface area contributed by atoms with Crippen molar-refractivity contribution in [1.82, 2.24) is 9.78 Å². The molecule has 2 aromatic rings. The number of fused-ring (bicyclic) bond motifs is 3. The number of aromatic nitrogens is 2. The van der Waals surface area contributed by atoms with Crippen LogP contribution in [0.3, 0.4) is 0 Å². The van der Waals surface area contributed by atoms with Crippen LogP contribution < -0.4 is 5.32 Å². The zero-order valence-electron chi connectivity index (χ0n) is 8.29. The Kier molecular flexibility index (Phi) is 1.76. The van der Waals surface area contributed by atoms with E-state index in [1.807, 2.05) is 36.1 Å². The Hall–Kier alpha value is -1.48. The lowest BCUT2D eigenvalue weighted by atomic mass is 10.0. The average Bonchev–Trinajstić information content (AvgIpc) is 2.60. The number of anilines is 1. The molecule has 1 aliphatic heterocycles. The van der Waals surface area contributed by atoms with Gasteiger partial charge in [0.25, 0.3) is 0 Å². The average molecular weight is 220 g/mol. The van der Waals surface area contributed by atoms with Crippen LogP contribution in [0.1, 0.15) is 5.56 Å². The molecular weight excluding hydrogens is 210 g/mol. The molecule has 0 saturated heterocycles. The fourth-order valence-electron chi connectivity index (χ4n) is 2.02. The highest BCUT2D eigenvalue weighted by Gasteiger charge is 2.19. The van der Waals surface area contributed by atoms with Crippen molar-refractivity contribution in [2.24, 2.45) is 7.05 Å². The molecule has 0 amide bonds. The number of halogens is 1. The van der Waals surface area contributed by atoms with E-state index in [0.717, 1.165) is 28.5 Å². The fraction of sp³-hybridized carbons (Fsp3) is 0.182. The topological polar surface area (TPSA) is 29.9 Å². The van der Waals surface area contributed by atoms with Gasteiger partial charge < -0.3 is 5.32 Å². The summed E-state index contributed by atoms with van der Waals surface area (Å²) >= 11 is 6.01. The van der Waals surface area contributed by atoms with Gasteiger partial charge in [0.05, 0.1) is 11.9 Å². The monoisotopic (exact) mass is 219 g/mol. The predicted molar refractivity (Wildman–Crippen MR) is 61.0 cm³/mol. The Morgan fingerprint density at radius 1 is 1.47 bits per heavy atom. The molecule has 0 unspecified atom stereocenters. The number of nitrogens with one attached hydrogen (secondary N) is 1. The van der Waals surface area contributed by atoms with E-state index in [9.17, 15) is 0 Å². The highest BCUT2D eigenvalue weighted by atomic mass is 35.5. The van der Waals surface area contributed by atoms with Gasteiger partial charge in [-0.3, -0.25) is 4.68 Å². The number of hydrogen-bond acceptors (Lipinski definition) is 2. The SMILES string of the molecule is Cn1ncc2c1-c1cc(Cl)ccc1NC2. The summed E-state index contributed by atoms with van der Waals surface area (Å²) in [6, 6.07) is 5.88. The van der Waals surface area contributed by atoms with Gasteiger partial charge in [-0.25, -0.2) is 0 Å². The fourth-order valence-corrected chi connectivity index (χ4v) is 2.19. The molecule has 2 heterocycles. The molecular formula is C11H10ClN3. The van der Waals surface area contributed by atoms with Crippen LogP contribution in [0, 0.1) is 0 Å². The zero-order chi connectivity index (χ0) is 10.4. The van der Waals surface area contributed by atoms with Gasteiger partial charge >= 0.3 is 0 Å². The van der Waals surface area contributed by atoms with E-state index in [0.29, 0.717) is 0 Å². The first-order chi connectivity index (χ1) is 7.25. The van der Waals surface area contributed by atoms with E-state index in [-0.39, 0.29) is 0 Å². The summed E-state index contributed by atoms with van der Waals surface area (Å²) < 4.78 is 1.89. The van der Waals surface area contributed by atoms with Crippen molar-refractivity contribution in [2.45, 2.75) is 6.54 Å². The highest BCUT2D eigenvalue weighted by molar-refractivity contribution is 6.31. The Morgan fingerprint density at radius 2 is 2.33 bits per heavy atom. The molecule has 76 valence electrons. The van der Waals surface area contributed by atoms with Gasteiger partial charge in [-0.2, -0.15) is 5.10 Å². The van der Waals surface area contributed by atoms with E-state index in [2.05, 4.69) is 10.4 Å². The number of rotatable bonds is 0. The molecule has 1 aromatic carbocycles. The summed E-state index contributed by atoms with van der Waals surface area (Å²) in [6.07, 6.45) is 1.90. The molecule has 0 aliphatic carbocycles. The van der Waals surface area contributed by atoms with Crippen LogP contribution in [0.2, 0.25) is 5.02 Å². The molecule has 3 rings (SSSR count). The van der Waals surface area contributed by atoms with E-state index in [1.54, 1.807) is 0 Å². The minimum atomic E-state index is 0.754. The van der Waals surface area contributed by atoms with Crippen molar-refractivity contribution < 1.29 is 0 Å². The van der Waals surface area contributed by atoms with Crippen LogP contribution >= 0.6 is 11.6 Å². The summed E-state index contributed by atoms with van der Waals surface area (Å²) in [7, 11) is 1.95. The van der Waals surface area contributed by atoms with Gasteiger partial charge in [0.15, 0.2) is 0 Å². The lowest BCUT2D eigenvalue weighted by Crippen LogP contribution is -2.09. The third kappa shape index (κ3) is 1.23. The first-order valence-corrected chi connectivity index (χ1v) is 5.18. The first kappa shape index (κ1) is 8.80. The number of benzene rings is 1. The van der Waals surface area contributed by atoms with Crippen molar-refractivity contribution in [1.29, 1.82) is 0 Å². The minimum Gasteiger partial charge on any atom is -0.380 e. The standard InChI is InChI=1S/C11H10ClN3/c1-15-11-7(6-14-15)5-13-10-3-2-8(12)4-9(10)11/h2-4,6,13H,5H2,1H3. The van der Waals surface area contributed by atoms with E-state index in [4.69, 9.17) is 11.6 Å². The van der Waals surface area contributed by atoms with Crippen LogP contribution in [-0.2, 0) is 13.6 Å². The third-order valence-corrected chi connectivity index (χ3v) is 2.96. The Morgan fingerprint density at radius 3 is 3.20 bits per heavy atom. The van der Waals surface area contributed by atoms with Crippen molar-refractivity contribution in [3.8, 4) is 11.3 Å². The van der Waals surface area contributed by atoms with Crippen molar-refractivity contribution in [3.05, 3.63) is 35.0 Å². The molecule has 1 N–H and O–H groups in total. The van der Waals surface area contributed by atoms with Crippen LogP contribution in [0.4, 0.5) is 5.69 Å². The summed E-state index contributed by atoms with van der Waals surface area (Å²) in [5, 5.41) is 8.36. The largest absolute Gasteiger partial charge is 0.380 e. The van der Waals surface area contributed by atoms with E-state index >= 15 is 0 Å². The van der Waals surface area contributed by atoms with Gasteiger partial charge in [-0.05, 0) is 18.2 Å². The van der Waals surface area contributed by atoms with Crippen molar-refractivity contribution >= 4 is 17.3 Å². The minimum absolute atomic E-state index is 0.754. The molecule has 15 heavy (non-hydrogen) atoms. The molecule has 0 fully saturated rings. The van der Waals surface area contributed by atoms with E-state index in [1.165, 1.54) is 5.56 Å². The van der Waals surface area contributed by atoms with Gasteiger partial charge in [0, 0.05) is 35.4 Å². The summed E-state index contributed by atoms with van der Waals surface area (Å²) in [5.41, 5.74) is 4.62. The first-order valence-electron chi connectivity index (χ1n) is 4.80. The van der Waals surface area contributed by atoms with Gasteiger partial charge in [0.1, 0.15) is 0 Å². The molecule has 0 spiro atoms. The molecule has 3 nitrogen and oxygen atoms in total. The number of hydrogen-bond donors (Lipinski definition) is 1. The molecule has 1 aromatic heterocycles. The maximum Gasteiger partial charge on any atom is 0.0750 e. The maximum absolute atomic E-state index is 6.01. The zero-order valence-corrected chi connectivity index (χ0v) is 9.04. The summed E-state index contributed by atoms with van der Waals surface area (Å²) in [5.74, 6) is 0. The second kappa shape index (κ2) is 3.00. The van der Waals surface area contributed by atoms with E-state index < -0.39 is 0 Å². The maximum atomic E-state index is 6.01. The number of aryl methyl sites for hydroxylation is 1. The van der Waals surface area contributed by atoms with Crippen molar-refractivity contribution in [2.75, 3.05) is 5.32 Å². The Balaban J connectivity index is 2.31. The predicted octanol–water partition coefficient (Wildman–Crippen LogP) is 2.67. The molecule has 0 atom stereocenters. The van der Waals surface area contributed by atoms with Crippen LogP contribution in [0.25, 0.3) is 11.3 Å². The normalized spacial score (nSPS) is 12.9. The lowest BCUT2D eigenvalue weighted by Gasteiger charge is -2.19. The molecule has 0 radical (unpaired) electrons. The molecule has 4 heteroatoms. The molecule has 0 saturated carbocycles. The second-order valence-electron chi connectivity index (χ2n) is 3.69. The van der Waals surface area contributed by atoms with Crippen LogP contribution in [0.15, 0.2) is 24.4 Å². The smallest absolute Gasteiger partial charge is 0.0750 e. The Labute approximate surface area is 92.7 Å². The van der Waals surface area contributed by atoms with Gasteiger partial charge in [-0.1, -0.05) is 11.6 Å². The van der Waals surface area contributed by atoms with Gasteiger partial charge in [-0.15, -0.1) is 0 Å². The Bertz CT molecular complexity index is 531.